The van der Waals surface area contributed by atoms with Crippen LogP contribution in [-0.4, -0.2) is 47.9 Å². The van der Waals surface area contributed by atoms with Gasteiger partial charge in [-0.25, -0.2) is 5.48 Å². The van der Waals surface area contributed by atoms with Crippen molar-refractivity contribution in [2.45, 2.75) is 24.1 Å². The van der Waals surface area contributed by atoms with Crippen LogP contribution >= 0.6 is 39.1 Å². The van der Waals surface area contributed by atoms with Gasteiger partial charge in [-0.15, -0.1) is 0 Å². The molecule has 1 fully saturated rings. The second-order valence-corrected chi connectivity index (χ2v) is 9.12. The van der Waals surface area contributed by atoms with E-state index in [-0.39, 0.29) is 39.2 Å². The van der Waals surface area contributed by atoms with E-state index in [4.69, 9.17) is 28.0 Å². The molecule has 0 bridgehead atoms. The fourth-order valence-electron chi connectivity index (χ4n) is 3.57. The third-order valence-electron chi connectivity index (χ3n) is 5.45. The molecule has 3 heterocycles. The van der Waals surface area contributed by atoms with Crippen LogP contribution in [0.4, 0.5) is 13.2 Å². The highest BCUT2D eigenvalue weighted by molar-refractivity contribution is 9.10. The monoisotopic (exact) mass is 564 g/mol. The van der Waals surface area contributed by atoms with Crippen LogP contribution in [0.15, 0.2) is 39.9 Å². The molecular weight excluding hydrogens is 552 g/mol. The largest absolute Gasteiger partial charge is 0.400 e. The Hall–Kier alpha value is -2.21. The number of alkyl halides is 3. The highest BCUT2D eigenvalue weighted by Crippen LogP contribution is 2.49. The Balaban J connectivity index is 1.56. The predicted octanol–water partition coefficient (Wildman–Crippen LogP) is 4.00. The quantitative estimate of drug-likeness (QED) is 0.548. The predicted molar refractivity (Wildman–Crippen MR) is 118 cm³/mol. The number of aromatic nitrogens is 1. The van der Waals surface area contributed by atoms with Crippen molar-refractivity contribution in [1.82, 2.24) is 15.8 Å². The minimum absolute atomic E-state index is 0.0174. The number of hydroxylamine groups is 1. The zero-order valence-electron chi connectivity index (χ0n) is 16.5. The molecule has 2 amide bonds. The number of rotatable bonds is 4. The Morgan fingerprint density at radius 3 is 2.52 bits per heavy atom. The average molecular weight is 566 g/mol. The number of halogens is 6. The maximum absolute atomic E-state index is 14.3. The number of carbonyl (C=O) groups is 2. The van der Waals surface area contributed by atoms with Gasteiger partial charge in [-0.3, -0.25) is 24.4 Å². The molecule has 1 saturated heterocycles. The zero-order valence-corrected chi connectivity index (χ0v) is 19.6. The fraction of sp³-hybridized carbons (Fsp3) is 0.300. The summed E-state index contributed by atoms with van der Waals surface area (Å²) < 4.78 is 43.1. The van der Waals surface area contributed by atoms with E-state index in [9.17, 15) is 22.8 Å². The smallest absolute Gasteiger partial charge is 0.338 e. The summed E-state index contributed by atoms with van der Waals surface area (Å²) in [5.41, 5.74) is 0.177. The standard InChI is InChI=1S/C20H14BrCl2F3N4O3/c21-16-11(22)3-10(4-12(16)23)19(20(24,25)26)5-14(28-8-19)13-2-1-9(6-27-13)17(31)29-15-7-33-30-18(15)32/h1-4,6,15H,5,7-8H2,(H,29,31)(H,30,32). The maximum atomic E-state index is 14.3. The lowest BCUT2D eigenvalue weighted by atomic mass is 9.77. The number of amides is 2. The van der Waals surface area contributed by atoms with Gasteiger partial charge in [0, 0.05) is 12.6 Å². The summed E-state index contributed by atoms with van der Waals surface area (Å²) in [4.78, 5) is 36.8. The van der Waals surface area contributed by atoms with Crippen molar-refractivity contribution in [2.75, 3.05) is 13.2 Å². The second kappa shape index (κ2) is 8.86. The summed E-state index contributed by atoms with van der Waals surface area (Å²) in [5.74, 6) is -1.05. The third kappa shape index (κ3) is 4.46. The fourth-order valence-corrected chi connectivity index (χ4v) is 4.28. The first-order chi connectivity index (χ1) is 15.5. The van der Waals surface area contributed by atoms with E-state index in [0.29, 0.717) is 4.47 Å². The SMILES string of the molecule is O=C(NC1CONC1=O)c1ccc(C2=NCC(c3cc(Cl)c(Br)c(Cl)c3)(C(F)(F)F)C2)nc1. The molecule has 33 heavy (non-hydrogen) atoms. The van der Waals surface area contributed by atoms with Crippen molar-refractivity contribution in [3.8, 4) is 0 Å². The van der Waals surface area contributed by atoms with E-state index >= 15 is 0 Å². The normalized spacial score (nSPS) is 22.8. The minimum atomic E-state index is -4.64. The van der Waals surface area contributed by atoms with E-state index in [1.165, 1.54) is 30.5 Å². The van der Waals surface area contributed by atoms with Crippen molar-refractivity contribution in [3.63, 3.8) is 0 Å². The Morgan fingerprint density at radius 1 is 1.27 bits per heavy atom. The molecule has 1 aromatic heterocycles. The van der Waals surface area contributed by atoms with E-state index in [0.717, 1.165) is 0 Å². The van der Waals surface area contributed by atoms with Gasteiger partial charge in [0.25, 0.3) is 11.8 Å². The number of hydrogen-bond donors (Lipinski definition) is 2. The molecule has 0 spiro atoms. The van der Waals surface area contributed by atoms with E-state index in [1.54, 1.807) is 0 Å². The molecule has 7 nitrogen and oxygen atoms in total. The lowest BCUT2D eigenvalue weighted by molar-refractivity contribution is -0.183. The van der Waals surface area contributed by atoms with Gasteiger partial charge < -0.3 is 5.32 Å². The number of nitrogens with one attached hydrogen (secondary N) is 2. The van der Waals surface area contributed by atoms with Crippen molar-refractivity contribution >= 4 is 56.7 Å². The molecule has 13 heteroatoms. The highest BCUT2D eigenvalue weighted by Gasteiger charge is 2.58. The molecule has 0 saturated carbocycles. The van der Waals surface area contributed by atoms with Crippen LogP contribution < -0.4 is 10.8 Å². The first-order valence-electron chi connectivity index (χ1n) is 9.46. The first kappa shape index (κ1) is 23.9. The molecule has 4 rings (SSSR count). The summed E-state index contributed by atoms with van der Waals surface area (Å²) in [5, 5.41) is 2.60. The number of benzene rings is 1. The van der Waals surface area contributed by atoms with Gasteiger partial charge in [0.05, 0.1) is 38.0 Å². The van der Waals surface area contributed by atoms with Crippen LogP contribution in [0, 0.1) is 0 Å². The van der Waals surface area contributed by atoms with Crippen LogP contribution in [0.3, 0.4) is 0 Å². The van der Waals surface area contributed by atoms with Crippen molar-refractivity contribution in [1.29, 1.82) is 0 Å². The molecular formula is C20H14BrCl2F3N4O3. The molecule has 174 valence electrons. The zero-order chi connectivity index (χ0) is 24.0. The lowest BCUT2D eigenvalue weighted by Crippen LogP contribution is -2.44. The number of nitrogens with zero attached hydrogens (tertiary/aromatic N) is 2. The molecule has 2 aliphatic heterocycles. The Kier molecular flexibility index (Phi) is 6.43. The van der Waals surface area contributed by atoms with E-state index in [2.05, 4.69) is 36.7 Å². The van der Waals surface area contributed by atoms with Crippen LogP contribution in [0.2, 0.25) is 10.0 Å². The molecule has 1 aromatic carbocycles. The van der Waals surface area contributed by atoms with Crippen LogP contribution in [0.5, 0.6) is 0 Å². The van der Waals surface area contributed by atoms with Crippen LogP contribution in [-0.2, 0) is 15.0 Å². The van der Waals surface area contributed by atoms with E-state index in [1.807, 2.05) is 0 Å². The van der Waals surface area contributed by atoms with Crippen LogP contribution in [0.1, 0.15) is 28.0 Å². The molecule has 2 aromatic rings. The highest BCUT2D eigenvalue weighted by atomic mass is 79.9. The number of pyridine rings is 1. The topological polar surface area (TPSA) is 92.7 Å². The molecule has 2 atom stereocenters. The Bertz CT molecular complexity index is 1140. The van der Waals surface area contributed by atoms with Gasteiger partial charge in [0.15, 0.2) is 0 Å². The third-order valence-corrected chi connectivity index (χ3v) is 7.36. The van der Waals surface area contributed by atoms with Gasteiger partial charge in [-0.05, 0) is 45.8 Å². The molecule has 0 radical (unpaired) electrons. The first-order valence-corrected chi connectivity index (χ1v) is 11.0. The minimum Gasteiger partial charge on any atom is -0.338 e. The average Bonchev–Trinajstić information content (AvgIpc) is 3.39. The number of hydrogen-bond acceptors (Lipinski definition) is 5. The molecule has 2 aliphatic rings. The van der Waals surface area contributed by atoms with Crippen LogP contribution in [0.25, 0.3) is 0 Å². The van der Waals surface area contributed by atoms with Gasteiger partial charge >= 0.3 is 6.18 Å². The second-order valence-electron chi connectivity index (χ2n) is 7.51. The summed E-state index contributed by atoms with van der Waals surface area (Å²) in [7, 11) is 0. The summed E-state index contributed by atoms with van der Waals surface area (Å²) in [6.45, 7) is -0.572. The molecule has 2 N–H and O–H groups in total. The van der Waals surface area contributed by atoms with Crippen molar-refractivity contribution in [3.05, 3.63) is 61.8 Å². The summed E-state index contributed by atoms with van der Waals surface area (Å²) >= 11 is 15.3. The number of carbonyl (C=O) groups excluding carboxylic acids is 2. The Labute approximate surface area is 203 Å². The van der Waals surface area contributed by atoms with Gasteiger partial charge in [-0.2, -0.15) is 13.2 Å². The van der Waals surface area contributed by atoms with E-state index < -0.39 is 42.4 Å². The molecule has 2 unspecified atom stereocenters. The maximum Gasteiger partial charge on any atom is 0.400 e. The summed E-state index contributed by atoms with van der Waals surface area (Å²) in [6.07, 6.45) is -3.90. The molecule has 0 aliphatic carbocycles. The van der Waals surface area contributed by atoms with Gasteiger partial charge in [0.1, 0.15) is 18.1 Å². The van der Waals surface area contributed by atoms with Crippen molar-refractivity contribution < 1.29 is 27.6 Å². The van der Waals surface area contributed by atoms with Crippen molar-refractivity contribution in [2.24, 2.45) is 4.99 Å². The Morgan fingerprint density at radius 2 is 1.97 bits per heavy atom. The van der Waals surface area contributed by atoms with Gasteiger partial charge in [-0.1, -0.05) is 23.2 Å². The number of aliphatic imine (C=N–C) groups is 1. The summed E-state index contributed by atoms with van der Waals surface area (Å²) in [6, 6.07) is 4.43. The van der Waals surface area contributed by atoms with Gasteiger partial charge in [0.2, 0.25) is 0 Å². The lowest BCUT2D eigenvalue weighted by Gasteiger charge is -2.32.